The second kappa shape index (κ2) is 3.12. The van der Waals surface area contributed by atoms with Crippen LogP contribution in [-0.2, 0) is 6.42 Å². The van der Waals surface area contributed by atoms with E-state index in [4.69, 9.17) is 16.9 Å². The maximum Gasteiger partial charge on any atom is 0.0670 e. The number of fused-ring (bicyclic) bond motifs is 1. The third kappa shape index (κ3) is 1.28. The molecule has 0 saturated heterocycles. The van der Waals surface area contributed by atoms with Crippen LogP contribution >= 0.6 is 11.6 Å². The lowest BCUT2D eigenvalue weighted by atomic mass is 10.1. The van der Waals surface area contributed by atoms with E-state index in [1.807, 2.05) is 24.4 Å². The molecule has 1 aromatic heterocycles. The van der Waals surface area contributed by atoms with E-state index in [2.05, 4.69) is 11.1 Å². The molecule has 2 aromatic rings. The maximum atomic E-state index is 8.55. The monoisotopic (exact) mass is 190 g/mol. The van der Waals surface area contributed by atoms with Gasteiger partial charge in [0.25, 0.3) is 0 Å². The van der Waals surface area contributed by atoms with Crippen LogP contribution in [0.2, 0.25) is 5.02 Å². The highest BCUT2D eigenvalue weighted by Gasteiger charge is 2.04. The second-order valence-electron chi connectivity index (χ2n) is 2.81. The highest BCUT2D eigenvalue weighted by Crippen LogP contribution is 2.26. The van der Waals surface area contributed by atoms with Gasteiger partial charge in [0.1, 0.15) is 0 Å². The van der Waals surface area contributed by atoms with Crippen molar-refractivity contribution >= 4 is 22.5 Å². The molecule has 0 saturated carbocycles. The van der Waals surface area contributed by atoms with Crippen LogP contribution < -0.4 is 0 Å². The summed E-state index contributed by atoms with van der Waals surface area (Å²) in [5.74, 6) is 0. The molecule has 0 spiro atoms. The molecule has 64 valence electrons. The zero-order valence-corrected chi connectivity index (χ0v) is 7.60. The smallest absolute Gasteiger partial charge is 0.0670 e. The molecule has 0 unspecified atom stereocenters. The third-order valence-electron chi connectivity index (χ3n) is 2.02. The van der Waals surface area contributed by atoms with Gasteiger partial charge >= 0.3 is 0 Å². The summed E-state index contributed by atoms with van der Waals surface area (Å²) in [4.78, 5) is 3.06. The van der Waals surface area contributed by atoms with Crippen molar-refractivity contribution in [2.45, 2.75) is 6.42 Å². The van der Waals surface area contributed by atoms with Crippen LogP contribution in [0.25, 0.3) is 10.9 Å². The first kappa shape index (κ1) is 8.15. The van der Waals surface area contributed by atoms with Crippen molar-refractivity contribution < 1.29 is 0 Å². The van der Waals surface area contributed by atoms with E-state index in [0.717, 1.165) is 16.5 Å². The number of rotatable bonds is 1. The molecule has 2 rings (SSSR count). The largest absolute Gasteiger partial charge is 0.361 e. The molecule has 0 atom stereocenters. The Kier molecular flexibility index (Phi) is 1.96. The van der Waals surface area contributed by atoms with Gasteiger partial charge in [-0.3, -0.25) is 0 Å². The zero-order valence-electron chi connectivity index (χ0n) is 6.84. The normalized spacial score (nSPS) is 10.2. The van der Waals surface area contributed by atoms with Crippen LogP contribution in [0.15, 0.2) is 24.4 Å². The number of aromatic amines is 1. The third-order valence-corrected chi connectivity index (χ3v) is 2.46. The Balaban J connectivity index is 2.67. The van der Waals surface area contributed by atoms with Crippen molar-refractivity contribution in [2.75, 3.05) is 0 Å². The van der Waals surface area contributed by atoms with Crippen molar-refractivity contribution in [3.63, 3.8) is 0 Å². The molecule has 0 fully saturated rings. The molecule has 0 aliphatic rings. The van der Waals surface area contributed by atoms with E-state index in [0.29, 0.717) is 11.4 Å². The van der Waals surface area contributed by atoms with Gasteiger partial charge in [-0.25, -0.2) is 0 Å². The Morgan fingerprint density at radius 3 is 3.00 bits per heavy atom. The van der Waals surface area contributed by atoms with Gasteiger partial charge in [-0.2, -0.15) is 5.26 Å². The molecule has 3 heteroatoms. The molecule has 1 aromatic carbocycles. The summed E-state index contributed by atoms with van der Waals surface area (Å²) in [7, 11) is 0. The molecule has 0 aliphatic heterocycles. The summed E-state index contributed by atoms with van der Waals surface area (Å²) in [5.41, 5.74) is 1.89. The van der Waals surface area contributed by atoms with E-state index in [1.165, 1.54) is 0 Å². The topological polar surface area (TPSA) is 39.6 Å². The van der Waals surface area contributed by atoms with Gasteiger partial charge in [-0.1, -0.05) is 17.7 Å². The number of nitrogens with one attached hydrogen (secondary N) is 1. The van der Waals surface area contributed by atoms with Gasteiger partial charge in [0.05, 0.1) is 17.5 Å². The van der Waals surface area contributed by atoms with Crippen molar-refractivity contribution in [1.29, 1.82) is 5.26 Å². The molecule has 0 bridgehead atoms. The summed E-state index contributed by atoms with van der Waals surface area (Å²) in [5, 5.41) is 10.2. The predicted octanol–water partition coefficient (Wildman–Crippen LogP) is 2.89. The fraction of sp³-hybridized carbons (Fsp3) is 0.100. The minimum Gasteiger partial charge on any atom is -0.361 e. The van der Waals surface area contributed by atoms with Gasteiger partial charge in [-0.05, 0) is 17.7 Å². The highest BCUT2D eigenvalue weighted by molar-refractivity contribution is 6.36. The summed E-state index contributed by atoms with van der Waals surface area (Å²) in [6, 6.07) is 7.82. The minimum absolute atomic E-state index is 0.361. The van der Waals surface area contributed by atoms with Crippen LogP contribution in [0.1, 0.15) is 5.56 Å². The Morgan fingerprint density at radius 1 is 1.38 bits per heavy atom. The van der Waals surface area contributed by atoms with Crippen molar-refractivity contribution in [3.8, 4) is 6.07 Å². The number of nitriles is 1. The predicted molar refractivity (Wildman–Crippen MR) is 52.6 cm³/mol. The molecular weight excluding hydrogens is 184 g/mol. The van der Waals surface area contributed by atoms with Crippen LogP contribution in [-0.4, -0.2) is 4.98 Å². The lowest BCUT2D eigenvalue weighted by molar-refractivity contribution is 1.27. The van der Waals surface area contributed by atoms with Crippen molar-refractivity contribution in [2.24, 2.45) is 0 Å². The van der Waals surface area contributed by atoms with Crippen molar-refractivity contribution in [1.82, 2.24) is 4.98 Å². The fourth-order valence-corrected chi connectivity index (χ4v) is 1.66. The molecule has 1 heterocycles. The molecule has 0 aliphatic carbocycles. The number of benzene rings is 1. The van der Waals surface area contributed by atoms with E-state index >= 15 is 0 Å². The first-order valence-electron chi connectivity index (χ1n) is 3.94. The Labute approximate surface area is 80.7 Å². The minimum atomic E-state index is 0.361. The van der Waals surface area contributed by atoms with E-state index in [-0.39, 0.29) is 0 Å². The van der Waals surface area contributed by atoms with Crippen LogP contribution in [0.5, 0.6) is 0 Å². The second-order valence-corrected chi connectivity index (χ2v) is 3.19. The Hall–Kier alpha value is -1.46. The van der Waals surface area contributed by atoms with Gasteiger partial charge < -0.3 is 4.98 Å². The van der Waals surface area contributed by atoms with Gasteiger partial charge in [0, 0.05) is 17.1 Å². The highest BCUT2D eigenvalue weighted by atomic mass is 35.5. The maximum absolute atomic E-state index is 8.55. The number of aromatic nitrogens is 1. The van der Waals surface area contributed by atoms with Crippen molar-refractivity contribution in [3.05, 3.63) is 35.0 Å². The number of nitrogens with zero attached hydrogens (tertiary/aromatic N) is 1. The summed E-state index contributed by atoms with van der Waals surface area (Å²) >= 11 is 6.09. The van der Waals surface area contributed by atoms with Gasteiger partial charge in [0.15, 0.2) is 0 Å². The average Bonchev–Trinajstić information content (AvgIpc) is 2.58. The summed E-state index contributed by atoms with van der Waals surface area (Å²) in [6.07, 6.45) is 2.20. The van der Waals surface area contributed by atoms with Gasteiger partial charge in [-0.15, -0.1) is 0 Å². The number of hydrogen-bond acceptors (Lipinski definition) is 1. The Morgan fingerprint density at radius 2 is 2.23 bits per heavy atom. The first-order chi connectivity index (χ1) is 6.33. The molecule has 13 heavy (non-hydrogen) atoms. The van der Waals surface area contributed by atoms with Crippen LogP contribution in [0.3, 0.4) is 0 Å². The standard InChI is InChI=1S/C10H7ClN2/c11-10-7(3-5-12)1-2-9-8(10)4-6-13-9/h1-2,4,6,13H,3H2. The fourth-order valence-electron chi connectivity index (χ4n) is 1.36. The Bertz CT molecular complexity index is 479. The van der Waals surface area contributed by atoms with Gasteiger partial charge in [0.2, 0.25) is 0 Å². The van der Waals surface area contributed by atoms with Crippen LogP contribution in [0.4, 0.5) is 0 Å². The molecular formula is C10H7ClN2. The van der Waals surface area contributed by atoms with Crippen LogP contribution in [0, 0.1) is 11.3 Å². The molecule has 1 N–H and O–H groups in total. The first-order valence-corrected chi connectivity index (χ1v) is 4.32. The average molecular weight is 191 g/mol. The summed E-state index contributed by atoms with van der Waals surface area (Å²) in [6.45, 7) is 0. The quantitative estimate of drug-likeness (QED) is 0.738. The number of hydrogen-bond donors (Lipinski definition) is 1. The van der Waals surface area contributed by atoms with E-state index in [1.54, 1.807) is 0 Å². The summed E-state index contributed by atoms with van der Waals surface area (Å²) < 4.78 is 0. The molecule has 0 amide bonds. The lowest BCUT2D eigenvalue weighted by Crippen LogP contribution is -1.83. The number of halogens is 1. The number of H-pyrrole nitrogens is 1. The molecule has 2 nitrogen and oxygen atoms in total. The molecule has 0 radical (unpaired) electrons. The zero-order chi connectivity index (χ0) is 9.26. The SMILES string of the molecule is N#CCc1ccc2[nH]ccc2c1Cl. The van der Waals surface area contributed by atoms with E-state index < -0.39 is 0 Å². The van der Waals surface area contributed by atoms with E-state index in [9.17, 15) is 0 Å². The lowest BCUT2D eigenvalue weighted by Gasteiger charge is -1.99.